The average molecular weight is 333 g/mol. The monoisotopic (exact) mass is 333 g/mol. The first-order valence-electron chi connectivity index (χ1n) is 8.28. The smallest absolute Gasteiger partial charge is 0.223 e. The number of imidazole rings is 1. The van der Waals surface area contributed by atoms with Crippen molar-refractivity contribution in [3.05, 3.63) is 35.8 Å². The number of likely N-dealkylation sites (tertiary alicyclic amines) is 1. The van der Waals surface area contributed by atoms with Crippen LogP contribution in [0.5, 0.6) is 0 Å². The van der Waals surface area contributed by atoms with Gasteiger partial charge in [0.25, 0.3) is 0 Å². The fourth-order valence-electron chi connectivity index (χ4n) is 3.61. The highest BCUT2D eigenvalue weighted by Crippen LogP contribution is 2.32. The van der Waals surface area contributed by atoms with E-state index in [1.165, 1.54) is 0 Å². The molecule has 2 saturated heterocycles. The van der Waals surface area contributed by atoms with Crippen LogP contribution in [0.4, 0.5) is 0 Å². The van der Waals surface area contributed by atoms with Crippen molar-refractivity contribution >= 4 is 27.8 Å². The fourth-order valence-corrected chi connectivity index (χ4v) is 3.61. The van der Waals surface area contributed by atoms with E-state index in [9.17, 15) is 4.79 Å². The molecule has 1 unspecified atom stereocenters. The summed E-state index contributed by atoms with van der Waals surface area (Å²) in [5, 5.41) is 9.99. The Kier molecular flexibility index (Phi) is 3.02. The number of aromatic nitrogens is 3. The number of ether oxygens (including phenoxy) is 1. The van der Waals surface area contributed by atoms with E-state index in [4.69, 9.17) is 15.0 Å². The lowest BCUT2D eigenvalue weighted by atomic mass is 10.1. The van der Waals surface area contributed by atoms with E-state index < -0.39 is 0 Å². The summed E-state index contributed by atoms with van der Waals surface area (Å²) < 4.78 is 5.20. The molecule has 7 nitrogen and oxygen atoms in total. The molecule has 0 radical (unpaired) electrons. The lowest BCUT2D eigenvalue weighted by molar-refractivity contribution is -0.139. The van der Waals surface area contributed by atoms with Crippen LogP contribution in [0.1, 0.15) is 23.7 Å². The highest BCUT2D eigenvalue weighted by Gasteiger charge is 2.39. The number of hydrogen-bond acceptors (Lipinski definition) is 5. The van der Waals surface area contributed by atoms with Crippen molar-refractivity contribution in [1.29, 1.82) is 5.26 Å². The van der Waals surface area contributed by atoms with Gasteiger partial charge in [-0.2, -0.15) is 5.26 Å². The molecular formula is C18H15N5O2. The number of benzene rings is 1. The number of nitrogens with one attached hydrogen (secondary N) is 1. The summed E-state index contributed by atoms with van der Waals surface area (Å²) in [7, 11) is 0. The molecular weight excluding hydrogens is 318 g/mol. The number of aromatic amines is 1. The summed E-state index contributed by atoms with van der Waals surface area (Å²) in [6, 6.07) is 7.76. The molecule has 1 amide bonds. The molecule has 0 spiro atoms. The van der Waals surface area contributed by atoms with Gasteiger partial charge in [-0.05, 0) is 18.2 Å². The van der Waals surface area contributed by atoms with E-state index in [2.05, 4.69) is 16.0 Å². The number of nitrogens with zero attached hydrogens (tertiary/aromatic N) is 4. The van der Waals surface area contributed by atoms with Crippen LogP contribution in [0.15, 0.2) is 24.4 Å². The number of carbonyl (C=O) groups is 1. The molecule has 2 aliphatic heterocycles. The van der Waals surface area contributed by atoms with Crippen LogP contribution in [0.2, 0.25) is 0 Å². The van der Waals surface area contributed by atoms with Crippen LogP contribution >= 0.6 is 0 Å². The maximum Gasteiger partial charge on any atom is 0.223 e. The SMILES string of the molecule is N#Cc1ccc2ncc3[nH]c(C4CC(=O)N(C5COC5)C4)nc3c2c1. The van der Waals surface area contributed by atoms with Gasteiger partial charge in [-0.1, -0.05) is 0 Å². The molecule has 7 heteroatoms. The quantitative estimate of drug-likeness (QED) is 0.770. The summed E-state index contributed by atoms with van der Waals surface area (Å²) >= 11 is 0. The minimum atomic E-state index is 0.0506. The second kappa shape index (κ2) is 5.26. The molecule has 25 heavy (non-hydrogen) atoms. The van der Waals surface area contributed by atoms with Gasteiger partial charge in [0.05, 0.1) is 53.6 Å². The summed E-state index contributed by atoms with van der Waals surface area (Å²) in [5.41, 5.74) is 3.02. The predicted molar refractivity (Wildman–Crippen MR) is 89.8 cm³/mol. The highest BCUT2D eigenvalue weighted by atomic mass is 16.5. The van der Waals surface area contributed by atoms with Crippen LogP contribution < -0.4 is 0 Å². The van der Waals surface area contributed by atoms with Gasteiger partial charge >= 0.3 is 0 Å². The average Bonchev–Trinajstić information content (AvgIpc) is 3.17. The predicted octanol–water partition coefficient (Wildman–Crippen LogP) is 1.70. The van der Waals surface area contributed by atoms with Gasteiger partial charge in [-0.15, -0.1) is 0 Å². The normalized spacial score (nSPS) is 21.0. The zero-order chi connectivity index (χ0) is 17.0. The Bertz CT molecular complexity index is 1050. The van der Waals surface area contributed by atoms with Crippen LogP contribution in [0.25, 0.3) is 21.9 Å². The number of amides is 1. The molecule has 3 aromatic rings. The van der Waals surface area contributed by atoms with Crippen LogP contribution in [-0.2, 0) is 9.53 Å². The minimum Gasteiger partial charge on any atom is -0.377 e. The highest BCUT2D eigenvalue weighted by molar-refractivity contribution is 6.02. The van der Waals surface area contributed by atoms with E-state index >= 15 is 0 Å². The lowest BCUT2D eigenvalue weighted by Crippen LogP contribution is -2.49. The number of rotatable bonds is 2. The van der Waals surface area contributed by atoms with E-state index in [0.717, 1.165) is 27.8 Å². The van der Waals surface area contributed by atoms with Gasteiger partial charge < -0.3 is 14.6 Å². The zero-order valence-corrected chi connectivity index (χ0v) is 13.4. The summed E-state index contributed by atoms with van der Waals surface area (Å²) in [6.45, 7) is 1.93. The van der Waals surface area contributed by atoms with Crippen molar-refractivity contribution in [3.8, 4) is 6.07 Å². The standard InChI is InChI=1S/C18H15N5O2/c19-5-10-1-2-14-13(3-10)17-15(6-20-14)21-18(22-17)11-4-16(24)23(7-11)12-8-25-9-12/h1-3,6,11-12H,4,7-9H2,(H,21,22). The van der Waals surface area contributed by atoms with Gasteiger partial charge in [-0.25, -0.2) is 4.98 Å². The number of hydrogen-bond donors (Lipinski definition) is 1. The van der Waals surface area contributed by atoms with E-state index in [0.29, 0.717) is 31.7 Å². The van der Waals surface area contributed by atoms with E-state index in [1.807, 2.05) is 17.0 Å². The molecule has 0 saturated carbocycles. The topological polar surface area (TPSA) is 94.9 Å². The Hall–Kier alpha value is -2.98. The zero-order valence-electron chi connectivity index (χ0n) is 13.4. The lowest BCUT2D eigenvalue weighted by Gasteiger charge is -2.34. The van der Waals surface area contributed by atoms with Crippen molar-refractivity contribution in [1.82, 2.24) is 19.9 Å². The van der Waals surface area contributed by atoms with Crippen molar-refractivity contribution < 1.29 is 9.53 Å². The molecule has 0 bridgehead atoms. The first-order chi connectivity index (χ1) is 12.2. The third-order valence-electron chi connectivity index (χ3n) is 5.07. The molecule has 2 aliphatic rings. The Morgan fingerprint density at radius 2 is 2.24 bits per heavy atom. The number of carbonyl (C=O) groups excluding carboxylic acids is 1. The Morgan fingerprint density at radius 1 is 1.36 bits per heavy atom. The maximum atomic E-state index is 12.3. The van der Waals surface area contributed by atoms with Crippen molar-refractivity contribution in [2.24, 2.45) is 0 Å². The molecule has 4 heterocycles. The molecule has 1 atom stereocenters. The molecule has 1 N–H and O–H groups in total. The second-order valence-electron chi connectivity index (χ2n) is 6.62. The van der Waals surface area contributed by atoms with Gasteiger partial charge in [0.1, 0.15) is 5.82 Å². The third kappa shape index (κ3) is 2.18. The molecule has 0 aliphatic carbocycles. The van der Waals surface area contributed by atoms with Crippen LogP contribution in [0.3, 0.4) is 0 Å². The molecule has 1 aromatic carbocycles. The third-order valence-corrected chi connectivity index (χ3v) is 5.07. The molecule has 5 rings (SSSR count). The van der Waals surface area contributed by atoms with Crippen molar-refractivity contribution in [2.45, 2.75) is 18.4 Å². The molecule has 2 aromatic heterocycles. The number of H-pyrrole nitrogens is 1. The van der Waals surface area contributed by atoms with Gasteiger partial charge in [0.15, 0.2) is 0 Å². The number of pyridine rings is 1. The minimum absolute atomic E-state index is 0.0506. The molecule has 2 fully saturated rings. The first kappa shape index (κ1) is 14.4. The van der Waals surface area contributed by atoms with Gasteiger partial charge in [0, 0.05) is 24.3 Å². The Balaban J connectivity index is 1.55. The first-order valence-corrected chi connectivity index (χ1v) is 8.28. The van der Waals surface area contributed by atoms with E-state index in [1.54, 1.807) is 12.3 Å². The van der Waals surface area contributed by atoms with E-state index in [-0.39, 0.29) is 17.9 Å². The Morgan fingerprint density at radius 3 is 3.00 bits per heavy atom. The fraction of sp³-hybridized carbons (Fsp3) is 0.333. The largest absolute Gasteiger partial charge is 0.377 e. The van der Waals surface area contributed by atoms with Crippen LogP contribution in [0, 0.1) is 11.3 Å². The van der Waals surface area contributed by atoms with Crippen LogP contribution in [-0.4, -0.2) is 51.6 Å². The number of nitriles is 1. The molecule has 124 valence electrons. The maximum absolute atomic E-state index is 12.3. The summed E-state index contributed by atoms with van der Waals surface area (Å²) in [6.07, 6.45) is 2.22. The van der Waals surface area contributed by atoms with Crippen molar-refractivity contribution in [3.63, 3.8) is 0 Å². The van der Waals surface area contributed by atoms with Gasteiger partial charge in [-0.3, -0.25) is 9.78 Å². The Labute approximate surface area is 143 Å². The van der Waals surface area contributed by atoms with Crippen molar-refractivity contribution in [2.75, 3.05) is 19.8 Å². The summed E-state index contributed by atoms with van der Waals surface area (Å²) in [4.78, 5) is 26.7. The summed E-state index contributed by atoms with van der Waals surface area (Å²) in [5.74, 6) is 1.02. The second-order valence-corrected chi connectivity index (χ2v) is 6.62. The number of fused-ring (bicyclic) bond motifs is 3. The van der Waals surface area contributed by atoms with Gasteiger partial charge in [0.2, 0.25) is 5.91 Å².